The maximum absolute atomic E-state index is 13.1. The summed E-state index contributed by atoms with van der Waals surface area (Å²) in [5, 5.41) is 16.7. The monoisotopic (exact) mass is 430 g/mol. The van der Waals surface area contributed by atoms with Gasteiger partial charge in [-0.3, -0.25) is 4.79 Å². The second-order valence-corrected chi connectivity index (χ2v) is 7.62. The van der Waals surface area contributed by atoms with Crippen molar-refractivity contribution in [1.82, 2.24) is 0 Å². The molecule has 1 amide bonds. The number of anilines is 1. The number of hydrazone groups is 1. The Bertz CT molecular complexity index is 967. The van der Waals surface area contributed by atoms with Crippen LogP contribution >= 0.6 is 23.2 Å². The van der Waals surface area contributed by atoms with E-state index in [2.05, 4.69) is 5.10 Å². The third-order valence-corrected chi connectivity index (χ3v) is 5.13. The van der Waals surface area contributed by atoms with Gasteiger partial charge in [-0.2, -0.15) is 5.10 Å². The fourth-order valence-corrected chi connectivity index (χ4v) is 3.43. The highest BCUT2D eigenvalue weighted by Crippen LogP contribution is 2.31. The van der Waals surface area contributed by atoms with Crippen molar-refractivity contribution in [3.8, 4) is 0 Å². The van der Waals surface area contributed by atoms with E-state index >= 15 is 0 Å². The van der Waals surface area contributed by atoms with Gasteiger partial charge in [-0.25, -0.2) is 9.80 Å². The van der Waals surface area contributed by atoms with Gasteiger partial charge in [-0.1, -0.05) is 48.7 Å². The molecule has 1 heterocycles. The Hall–Kier alpha value is -2.63. The van der Waals surface area contributed by atoms with Gasteiger partial charge in [0, 0.05) is 15.6 Å². The molecule has 1 aliphatic rings. The first-order valence-electron chi connectivity index (χ1n) is 9.25. The Morgan fingerprint density at radius 2 is 1.69 bits per heavy atom. The van der Waals surface area contributed by atoms with Crippen molar-refractivity contribution in [2.75, 3.05) is 5.01 Å². The highest BCUT2D eigenvalue weighted by Gasteiger charge is 2.37. The number of hydrogen-bond donors (Lipinski definition) is 1. The molecule has 5 nitrogen and oxygen atoms in total. The number of amides is 1. The van der Waals surface area contributed by atoms with Crippen LogP contribution in [0.3, 0.4) is 0 Å². The zero-order chi connectivity index (χ0) is 21.0. The summed E-state index contributed by atoms with van der Waals surface area (Å²) >= 11 is 11.8. The van der Waals surface area contributed by atoms with Gasteiger partial charge in [0.25, 0.3) is 5.91 Å². The summed E-state index contributed by atoms with van der Waals surface area (Å²) in [6, 6.07) is 13.7. The number of nitrogens with zero attached hydrogens (tertiary/aromatic N) is 2. The molecule has 29 heavy (non-hydrogen) atoms. The molecule has 0 fully saturated rings. The lowest BCUT2D eigenvalue weighted by molar-refractivity contribution is -0.132. The van der Waals surface area contributed by atoms with Crippen LogP contribution in [-0.4, -0.2) is 22.7 Å². The topological polar surface area (TPSA) is 70.0 Å². The second-order valence-electron chi connectivity index (χ2n) is 6.75. The summed E-state index contributed by atoms with van der Waals surface area (Å²) in [5.74, 6) is -1.91. The molecule has 2 aromatic rings. The Morgan fingerprint density at radius 1 is 1.10 bits per heavy atom. The van der Waals surface area contributed by atoms with Crippen molar-refractivity contribution in [3.63, 3.8) is 0 Å². The Labute approximate surface area is 179 Å². The van der Waals surface area contributed by atoms with Gasteiger partial charge in [-0.05, 0) is 60.9 Å². The molecule has 2 aromatic carbocycles. The summed E-state index contributed by atoms with van der Waals surface area (Å²) in [4.78, 5) is 24.9. The first-order chi connectivity index (χ1) is 13.9. The fraction of sp³-hybridized carbons (Fsp3) is 0.227. The molecule has 150 valence electrons. The minimum atomic E-state index is -1.06. The summed E-state index contributed by atoms with van der Waals surface area (Å²) < 4.78 is 0. The number of hydrogen-bond acceptors (Lipinski definition) is 3. The quantitative estimate of drug-likeness (QED) is 0.575. The van der Waals surface area contributed by atoms with E-state index in [1.807, 2.05) is 6.92 Å². The van der Waals surface area contributed by atoms with Crippen molar-refractivity contribution in [2.45, 2.75) is 26.2 Å². The smallest absolute Gasteiger partial charge is 0.331 e. The van der Waals surface area contributed by atoms with Gasteiger partial charge < -0.3 is 5.11 Å². The number of carbonyl (C=O) groups is 2. The Balaban J connectivity index is 1.89. The second kappa shape index (κ2) is 9.25. The van der Waals surface area contributed by atoms with Crippen LogP contribution in [0.25, 0.3) is 6.08 Å². The van der Waals surface area contributed by atoms with E-state index in [-0.39, 0.29) is 17.9 Å². The van der Waals surface area contributed by atoms with Crippen molar-refractivity contribution >= 4 is 52.6 Å². The molecular formula is C22H20Cl2N2O3. The largest absolute Gasteiger partial charge is 0.478 e. The molecule has 1 atom stereocenters. The van der Waals surface area contributed by atoms with Gasteiger partial charge in [0.2, 0.25) is 0 Å². The molecule has 0 bridgehead atoms. The zero-order valence-electron chi connectivity index (χ0n) is 15.8. The molecule has 1 N–H and O–H groups in total. The molecule has 0 saturated heterocycles. The van der Waals surface area contributed by atoms with Gasteiger partial charge in [0.05, 0.1) is 17.3 Å². The lowest BCUT2D eigenvalue weighted by atomic mass is 9.91. The van der Waals surface area contributed by atoms with E-state index in [9.17, 15) is 14.7 Å². The van der Waals surface area contributed by atoms with Crippen molar-refractivity contribution in [2.24, 2.45) is 11.0 Å². The molecule has 1 unspecified atom stereocenters. The van der Waals surface area contributed by atoms with E-state index in [1.54, 1.807) is 54.6 Å². The third kappa shape index (κ3) is 5.05. The van der Waals surface area contributed by atoms with Crippen LogP contribution < -0.4 is 5.01 Å². The average Bonchev–Trinajstić information content (AvgIpc) is 2.99. The molecule has 0 radical (unpaired) electrons. The van der Waals surface area contributed by atoms with Crippen molar-refractivity contribution < 1.29 is 14.7 Å². The minimum absolute atomic E-state index is 0.0692. The Morgan fingerprint density at radius 3 is 2.24 bits per heavy atom. The number of benzene rings is 2. The summed E-state index contributed by atoms with van der Waals surface area (Å²) in [7, 11) is 0. The number of aliphatic carboxylic acids is 1. The summed E-state index contributed by atoms with van der Waals surface area (Å²) in [5.41, 5.74) is 2.15. The lowest BCUT2D eigenvalue weighted by Crippen LogP contribution is -2.28. The van der Waals surface area contributed by atoms with Crippen LogP contribution in [0.5, 0.6) is 0 Å². The number of halogens is 2. The number of carbonyl (C=O) groups excluding carboxylic acids is 1. The zero-order valence-corrected chi connectivity index (χ0v) is 17.3. The van der Waals surface area contributed by atoms with Crippen LogP contribution in [0.15, 0.2) is 59.2 Å². The van der Waals surface area contributed by atoms with E-state index in [1.165, 1.54) is 5.01 Å². The van der Waals surface area contributed by atoms with E-state index in [4.69, 9.17) is 23.2 Å². The van der Waals surface area contributed by atoms with Gasteiger partial charge in [-0.15, -0.1) is 0 Å². The average molecular weight is 431 g/mol. The standard InChI is InChI=1S/C22H20Cl2N2O3/c1-2-3-20-19(21(27)26(25-20)18-10-8-17(24)9-11-18)13-15(22(28)29)12-14-4-6-16(23)7-5-14/h4-12,19H,2-3,13H2,1H3,(H,28,29). The van der Waals surface area contributed by atoms with Gasteiger partial charge in [0.1, 0.15) is 0 Å². The van der Waals surface area contributed by atoms with Gasteiger partial charge in [0.15, 0.2) is 0 Å². The maximum atomic E-state index is 13.1. The first-order valence-corrected chi connectivity index (χ1v) is 10.0. The highest BCUT2D eigenvalue weighted by molar-refractivity contribution is 6.31. The molecular weight excluding hydrogens is 411 g/mol. The SMILES string of the molecule is CCCC1=NN(c2ccc(Cl)cc2)C(=O)C1CC(=Cc1ccc(Cl)cc1)C(=O)O. The van der Waals surface area contributed by atoms with Crippen LogP contribution in [0.2, 0.25) is 10.0 Å². The van der Waals surface area contributed by atoms with Crippen LogP contribution in [-0.2, 0) is 9.59 Å². The Kier molecular flexibility index (Phi) is 6.72. The predicted molar refractivity (Wildman–Crippen MR) is 116 cm³/mol. The number of carboxylic acid groups (broad SMARTS) is 1. The lowest BCUT2D eigenvalue weighted by Gasteiger charge is -2.15. The molecule has 0 aliphatic carbocycles. The van der Waals surface area contributed by atoms with Crippen LogP contribution in [0, 0.1) is 5.92 Å². The summed E-state index contributed by atoms with van der Waals surface area (Å²) in [6.45, 7) is 2.00. The summed E-state index contributed by atoms with van der Waals surface area (Å²) in [6.07, 6.45) is 3.06. The fourth-order valence-electron chi connectivity index (χ4n) is 3.18. The van der Waals surface area contributed by atoms with E-state index in [0.29, 0.717) is 33.4 Å². The van der Waals surface area contributed by atoms with Crippen LogP contribution in [0.1, 0.15) is 31.7 Å². The van der Waals surface area contributed by atoms with E-state index in [0.717, 1.165) is 6.42 Å². The third-order valence-electron chi connectivity index (χ3n) is 4.62. The molecule has 0 spiro atoms. The van der Waals surface area contributed by atoms with Gasteiger partial charge >= 0.3 is 5.97 Å². The molecule has 7 heteroatoms. The highest BCUT2D eigenvalue weighted by atomic mass is 35.5. The molecule has 0 aromatic heterocycles. The normalized spacial score (nSPS) is 16.9. The minimum Gasteiger partial charge on any atom is -0.478 e. The molecule has 0 saturated carbocycles. The van der Waals surface area contributed by atoms with Crippen molar-refractivity contribution in [1.29, 1.82) is 0 Å². The predicted octanol–water partition coefficient (Wildman–Crippen LogP) is 5.67. The number of rotatable bonds is 7. The first kappa shape index (κ1) is 21.1. The molecule has 1 aliphatic heterocycles. The van der Waals surface area contributed by atoms with Crippen LogP contribution in [0.4, 0.5) is 5.69 Å². The number of carboxylic acids is 1. The molecule has 3 rings (SSSR count). The van der Waals surface area contributed by atoms with Crippen molar-refractivity contribution in [3.05, 3.63) is 69.7 Å². The maximum Gasteiger partial charge on any atom is 0.331 e. The van der Waals surface area contributed by atoms with E-state index < -0.39 is 11.9 Å².